The van der Waals surface area contributed by atoms with Gasteiger partial charge in [0, 0.05) is 0 Å². The van der Waals surface area contributed by atoms with Gasteiger partial charge in [-0.15, -0.1) is 0 Å². The second kappa shape index (κ2) is 2.59. The molecule has 0 heterocycles. The molecule has 1 N–H and O–H groups in total. The number of hydrogen-bond acceptors (Lipinski definition) is 1. The van der Waals surface area contributed by atoms with Crippen LogP contribution in [0.4, 0.5) is 0 Å². The van der Waals surface area contributed by atoms with E-state index in [9.17, 15) is 5.11 Å². The van der Waals surface area contributed by atoms with Gasteiger partial charge in [0.05, 0.1) is 5.60 Å². The molecular formula is C9H14O. The molecule has 56 valence electrons. The van der Waals surface area contributed by atoms with Gasteiger partial charge in [-0.3, -0.25) is 0 Å². The summed E-state index contributed by atoms with van der Waals surface area (Å²) in [6.45, 7) is 3.92. The van der Waals surface area contributed by atoms with Crippen molar-refractivity contribution in [2.75, 3.05) is 0 Å². The van der Waals surface area contributed by atoms with E-state index in [1.165, 1.54) is 5.57 Å². The molecule has 1 rings (SSSR count). The zero-order valence-corrected chi connectivity index (χ0v) is 6.59. The molecule has 0 aromatic heterocycles. The fourth-order valence-electron chi connectivity index (χ4n) is 1.03. The van der Waals surface area contributed by atoms with Crippen molar-refractivity contribution in [3.05, 3.63) is 23.8 Å². The average molecular weight is 138 g/mol. The highest BCUT2D eigenvalue weighted by Crippen LogP contribution is 2.18. The SMILES string of the molecule is CC1=CCC(C)(O)C=CC1. The highest BCUT2D eigenvalue weighted by molar-refractivity contribution is 5.14. The maximum Gasteiger partial charge on any atom is 0.0834 e. The summed E-state index contributed by atoms with van der Waals surface area (Å²) in [6.07, 6.45) is 7.73. The van der Waals surface area contributed by atoms with E-state index in [-0.39, 0.29) is 0 Å². The fraction of sp³-hybridized carbons (Fsp3) is 0.556. The highest BCUT2D eigenvalue weighted by atomic mass is 16.3. The largest absolute Gasteiger partial charge is 0.386 e. The van der Waals surface area contributed by atoms with Crippen molar-refractivity contribution < 1.29 is 5.11 Å². The molecule has 0 radical (unpaired) electrons. The second-order valence-electron chi connectivity index (χ2n) is 3.22. The number of allylic oxidation sites excluding steroid dienone is 2. The molecule has 10 heavy (non-hydrogen) atoms. The summed E-state index contributed by atoms with van der Waals surface area (Å²) in [5.74, 6) is 0. The zero-order valence-electron chi connectivity index (χ0n) is 6.59. The normalized spacial score (nSPS) is 33.3. The van der Waals surface area contributed by atoms with Crippen LogP contribution in [0.25, 0.3) is 0 Å². The van der Waals surface area contributed by atoms with Gasteiger partial charge in [0.1, 0.15) is 0 Å². The second-order valence-corrected chi connectivity index (χ2v) is 3.22. The summed E-state index contributed by atoms with van der Waals surface area (Å²) in [6, 6.07) is 0. The van der Waals surface area contributed by atoms with Gasteiger partial charge in [-0.1, -0.05) is 23.8 Å². The number of aliphatic hydroxyl groups is 1. The van der Waals surface area contributed by atoms with Gasteiger partial charge in [-0.25, -0.2) is 0 Å². The Kier molecular flexibility index (Phi) is 1.95. The molecule has 1 unspecified atom stereocenters. The highest BCUT2D eigenvalue weighted by Gasteiger charge is 2.15. The number of rotatable bonds is 0. The van der Waals surface area contributed by atoms with Crippen LogP contribution in [0.2, 0.25) is 0 Å². The Morgan fingerprint density at radius 2 is 2.30 bits per heavy atom. The van der Waals surface area contributed by atoms with Crippen molar-refractivity contribution in [3.8, 4) is 0 Å². The summed E-state index contributed by atoms with van der Waals surface area (Å²) in [7, 11) is 0. The summed E-state index contributed by atoms with van der Waals surface area (Å²) >= 11 is 0. The first kappa shape index (κ1) is 7.55. The maximum absolute atomic E-state index is 9.54. The fourth-order valence-corrected chi connectivity index (χ4v) is 1.03. The van der Waals surface area contributed by atoms with E-state index in [2.05, 4.69) is 13.0 Å². The van der Waals surface area contributed by atoms with E-state index in [4.69, 9.17) is 0 Å². The van der Waals surface area contributed by atoms with Crippen LogP contribution in [0.5, 0.6) is 0 Å². The van der Waals surface area contributed by atoms with Crippen LogP contribution in [0, 0.1) is 0 Å². The predicted molar refractivity (Wildman–Crippen MR) is 42.8 cm³/mol. The minimum absolute atomic E-state index is 0.613. The lowest BCUT2D eigenvalue weighted by atomic mass is 10.0. The lowest BCUT2D eigenvalue weighted by Crippen LogP contribution is -2.18. The van der Waals surface area contributed by atoms with Gasteiger partial charge < -0.3 is 5.11 Å². The Hall–Kier alpha value is -0.560. The van der Waals surface area contributed by atoms with E-state index in [0.29, 0.717) is 0 Å². The third-order valence-electron chi connectivity index (χ3n) is 1.78. The molecule has 0 saturated heterocycles. The standard InChI is InChI=1S/C9H14O/c1-8-4-3-6-9(2,10)7-5-8/h3,5-6,10H,4,7H2,1-2H3. The molecule has 0 saturated carbocycles. The van der Waals surface area contributed by atoms with E-state index < -0.39 is 5.60 Å². The molecule has 1 aliphatic carbocycles. The third-order valence-corrected chi connectivity index (χ3v) is 1.78. The molecular weight excluding hydrogens is 124 g/mol. The van der Waals surface area contributed by atoms with Crippen molar-refractivity contribution >= 4 is 0 Å². The zero-order chi connectivity index (χ0) is 7.61. The molecule has 0 bridgehead atoms. The lowest BCUT2D eigenvalue weighted by molar-refractivity contribution is 0.115. The monoisotopic (exact) mass is 138 g/mol. The summed E-state index contributed by atoms with van der Waals surface area (Å²) in [5.41, 5.74) is 0.728. The predicted octanol–water partition coefficient (Wildman–Crippen LogP) is 2.03. The first-order valence-electron chi connectivity index (χ1n) is 3.66. The van der Waals surface area contributed by atoms with Crippen molar-refractivity contribution in [2.45, 2.75) is 32.3 Å². The Bertz CT molecular complexity index is 175. The molecule has 1 aliphatic rings. The van der Waals surface area contributed by atoms with E-state index in [0.717, 1.165) is 12.8 Å². The molecule has 1 heteroatoms. The van der Waals surface area contributed by atoms with Crippen molar-refractivity contribution in [1.82, 2.24) is 0 Å². The third kappa shape index (κ3) is 1.99. The van der Waals surface area contributed by atoms with E-state index in [1.807, 2.05) is 19.1 Å². The Labute approximate surface area is 62.1 Å². The lowest BCUT2D eigenvalue weighted by Gasteiger charge is -2.14. The van der Waals surface area contributed by atoms with Crippen LogP contribution >= 0.6 is 0 Å². The maximum atomic E-state index is 9.54. The molecule has 0 spiro atoms. The van der Waals surface area contributed by atoms with Crippen molar-refractivity contribution in [2.24, 2.45) is 0 Å². The smallest absolute Gasteiger partial charge is 0.0834 e. The number of hydrogen-bond donors (Lipinski definition) is 1. The van der Waals surface area contributed by atoms with Crippen molar-refractivity contribution in [3.63, 3.8) is 0 Å². The van der Waals surface area contributed by atoms with Gasteiger partial charge in [0.2, 0.25) is 0 Å². The van der Waals surface area contributed by atoms with Crippen LogP contribution in [0.15, 0.2) is 23.8 Å². The Morgan fingerprint density at radius 1 is 1.60 bits per heavy atom. The molecule has 0 fully saturated rings. The average Bonchev–Trinajstić information content (AvgIpc) is 1.94. The van der Waals surface area contributed by atoms with Crippen LogP contribution in [-0.4, -0.2) is 10.7 Å². The van der Waals surface area contributed by atoms with Gasteiger partial charge in [-0.2, -0.15) is 0 Å². The van der Waals surface area contributed by atoms with Gasteiger partial charge in [0.25, 0.3) is 0 Å². The Balaban J connectivity index is 2.72. The van der Waals surface area contributed by atoms with E-state index in [1.54, 1.807) is 0 Å². The van der Waals surface area contributed by atoms with E-state index >= 15 is 0 Å². The molecule has 1 nitrogen and oxygen atoms in total. The Morgan fingerprint density at radius 3 is 3.00 bits per heavy atom. The quantitative estimate of drug-likeness (QED) is 0.508. The minimum atomic E-state index is -0.613. The van der Waals surface area contributed by atoms with Crippen LogP contribution < -0.4 is 0 Å². The van der Waals surface area contributed by atoms with Gasteiger partial charge in [0.15, 0.2) is 0 Å². The molecule has 0 aromatic carbocycles. The summed E-state index contributed by atoms with van der Waals surface area (Å²) in [5, 5.41) is 9.54. The van der Waals surface area contributed by atoms with Crippen LogP contribution in [0.1, 0.15) is 26.7 Å². The molecule has 0 aromatic rings. The topological polar surface area (TPSA) is 20.2 Å². The van der Waals surface area contributed by atoms with Gasteiger partial charge >= 0.3 is 0 Å². The molecule has 1 atom stereocenters. The van der Waals surface area contributed by atoms with Crippen molar-refractivity contribution in [1.29, 1.82) is 0 Å². The van der Waals surface area contributed by atoms with Crippen LogP contribution in [0.3, 0.4) is 0 Å². The van der Waals surface area contributed by atoms with Crippen LogP contribution in [-0.2, 0) is 0 Å². The first-order valence-corrected chi connectivity index (χ1v) is 3.66. The minimum Gasteiger partial charge on any atom is -0.386 e. The molecule has 0 amide bonds. The first-order chi connectivity index (χ1) is 4.60. The summed E-state index contributed by atoms with van der Waals surface area (Å²) < 4.78 is 0. The van der Waals surface area contributed by atoms with Gasteiger partial charge in [-0.05, 0) is 26.7 Å². The summed E-state index contributed by atoms with van der Waals surface area (Å²) in [4.78, 5) is 0. The molecule has 0 aliphatic heterocycles.